The normalized spacial score (nSPS) is 13.7. The van der Waals surface area contributed by atoms with Gasteiger partial charge in [-0.2, -0.15) is 5.10 Å². The van der Waals surface area contributed by atoms with Crippen molar-refractivity contribution in [1.82, 2.24) is 9.78 Å². The highest BCUT2D eigenvalue weighted by molar-refractivity contribution is 6.30. The predicted octanol–water partition coefficient (Wildman–Crippen LogP) is 5.09. The average molecular weight is 498 g/mol. The number of carbonyl (C=O) groups is 1. The second kappa shape index (κ2) is 8.66. The summed E-state index contributed by atoms with van der Waals surface area (Å²) in [5.41, 5.74) is 1.09. The Hall–Kier alpha value is -3.98. The standard InChI is InChI=1S/C25H18ClF2N3O4/c1-2-30(17-10-11-20-21(13-17)35-25(27,28)34-20)22(32)14-31-24(33)19-9-4-3-8-18(19)23(29-31)15-6-5-7-16(26)12-15/h3-13H,2,14H2,1H3. The topological polar surface area (TPSA) is 73.7 Å². The lowest BCUT2D eigenvalue weighted by Crippen LogP contribution is -2.37. The van der Waals surface area contributed by atoms with E-state index >= 15 is 0 Å². The van der Waals surface area contributed by atoms with E-state index in [0.29, 0.717) is 32.7 Å². The van der Waals surface area contributed by atoms with Gasteiger partial charge < -0.3 is 14.4 Å². The van der Waals surface area contributed by atoms with Gasteiger partial charge in [0, 0.05) is 34.3 Å². The van der Waals surface area contributed by atoms with Crippen molar-refractivity contribution in [3.63, 3.8) is 0 Å². The minimum Gasteiger partial charge on any atom is -0.395 e. The molecule has 5 rings (SSSR count). The Morgan fingerprint density at radius 1 is 1.03 bits per heavy atom. The molecule has 3 aromatic carbocycles. The summed E-state index contributed by atoms with van der Waals surface area (Å²) >= 11 is 6.16. The quantitative estimate of drug-likeness (QED) is 0.384. The molecule has 1 aliphatic heterocycles. The van der Waals surface area contributed by atoms with Crippen LogP contribution in [0.5, 0.6) is 11.5 Å². The fourth-order valence-electron chi connectivity index (χ4n) is 4.01. The van der Waals surface area contributed by atoms with E-state index in [0.717, 1.165) is 4.68 Å². The van der Waals surface area contributed by atoms with Crippen molar-refractivity contribution in [2.24, 2.45) is 0 Å². The molecule has 0 N–H and O–H groups in total. The van der Waals surface area contributed by atoms with Crippen molar-refractivity contribution in [1.29, 1.82) is 0 Å². The molecular weight excluding hydrogens is 480 g/mol. The third-order valence-electron chi connectivity index (χ3n) is 5.56. The molecule has 0 spiro atoms. The largest absolute Gasteiger partial charge is 0.586 e. The zero-order chi connectivity index (χ0) is 24.7. The lowest BCUT2D eigenvalue weighted by molar-refractivity contribution is -0.286. The van der Waals surface area contributed by atoms with Crippen LogP contribution in [0.3, 0.4) is 0 Å². The summed E-state index contributed by atoms with van der Waals surface area (Å²) in [6, 6.07) is 18.1. The summed E-state index contributed by atoms with van der Waals surface area (Å²) in [7, 11) is 0. The zero-order valence-electron chi connectivity index (χ0n) is 18.4. The Morgan fingerprint density at radius 2 is 1.77 bits per heavy atom. The molecule has 0 fully saturated rings. The number of amides is 1. The van der Waals surface area contributed by atoms with Crippen LogP contribution in [0.25, 0.3) is 22.0 Å². The van der Waals surface area contributed by atoms with Gasteiger partial charge in [-0.05, 0) is 37.3 Å². The number of fused-ring (bicyclic) bond motifs is 2. The summed E-state index contributed by atoms with van der Waals surface area (Å²) in [6.07, 6.45) is -3.76. The van der Waals surface area contributed by atoms with Crippen LogP contribution in [-0.2, 0) is 11.3 Å². The first-order valence-electron chi connectivity index (χ1n) is 10.7. The number of ether oxygens (including phenoxy) is 2. The number of alkyl halides is 2. The second-order valence-corrected chi connectivity index (χ2v) is 8.24. The number of carbonyl (C=O) groups excluding carboxylic acids is 1. The average Bonchev–Trinajstić information content (AvgIpc) is 3.14. The van der Waals surface area contributed by atoms with Crippen molar-refractivity contribution in [3.8, 4) is 22.8 Å². The molecule has 0 aliphatic carbocycles. The van der Waals surface area contributed by atoms with Gasteiger partial charge in [0.1, 0.15) is 6.54 Å². The first kappa shape index (κ1) is 22.8. The molecule has 1 aliphatic rings. The van der Waals surface area contributed by atoms with E-state index in [2.05, 4.69) is 14.6 Å². The molecule has 178 valence electrons. The maximum absolute atomic E-state index is 13.4. The highest BCUT2D eigenvalue weighted by Gasteiger charge is 2.43. The molecule has 4 aromatic rings. The number of rotatable bonds is 5. The van der Waals surface area contributed by atoms with Crippen LogP contribution in [0.4, 0.5) is 14.5 Å². The molecule has 7 nitrogen and oxygen atoms in total. The molecule has 1 aromatic heterocycles. The van der Waals surface area contributed by atoms with E-state index in [1.165, 1.54) is 23.1 Å². The molecule has 10 heteroatoms. The van der Waals surface area contributed by atoms with Gasteiger partial charge in [0.05, 0.1) is 11.1 Å². The van der Waals surface area contributed by atoms with E-state index < -0.39 is 17.8 Å². The summed E-state index contributed by atoms with van der Waals surface area (Å²) in [4.78, 5) is 27.8. The number of aromatic nitrogens is 2. The molecule has 0 radical (unpaired) electrons. The van der Waals surface area contributed by atoms with Crippen molar-refractivity contribution in [3.05, 3.63) is 82.1 Å². The second-order valence-electron chi connectivity index (χ2n) is 7.80. The number of halogens is 3. The van der Waals surface area contributed by atoms with Gasteiger partial charge >= 0.3 is 6.29 Å². The minimum atomic E-state index is -3.76. The van der Waals surface area contributed by atoms with Gasteiger partial charge in [0.25, 0.3) is 5.56 Å². The van der Waals surface area contributed by atoms with E-state index in [1.54, 1.807) is 49.4 Å². The summed E-state index contributed by atoms with van der Waals surface area (Å²) in [5, 5.41) is 6.03. The monoisotopic (exact) mass is 497 g/mol. The van der Waals surface area contributed by atoms with Crippen LogP contribution in [0.1, 0.15) is 6.92 Å². The van der Waals surface area contributed by atoms with Gasteiger partial charge in [0.15, 0.2) is 11.5 Å². The Bertz CT molecular complexity index is 1520. The van der Waals surface area contributed by atoms with Crippen molar-refractivity contribution in [2.45, 2.75) is 19.8 Å². The molecule has 35 heavy (non-hydrogen) atoms. The third-order valence-corrected chi connectivity index (χ3v) is 5.80. The molecule has 0 bridgehead atoms. The van der Waals surface area contributed by atoms with Gasteiger partial charge in [0.2, 0.25) is 5.91 Å². The molecule has 2 heterocycles. The number of hydrogen-bond acceptors (Lipinski definition) is 5. The van der Waals surface area contributed by atoms with Crippen molar-refractivity contribution >= 4 is 34.0 Å². The number of hydrogen-bond donors (Lipinski definition) is 0. The highest BCUT2D eigenvalue weighted by atomic mass is 35.5. The fourth-order valence-corrected chi connectivity index (χ4v) is 4.20. The number of likely N-dealkylation sites (N-methyl/N-ethyl adjacent to an activating group) is 1. The zero-order valence-corrected chi connectivity index (χ0v) is 19.1. The minimum absolute atomic E-state index is 0.124. The number of nitrogens with zero attached hydrogens (tertiary/aromatic N) is 3. The van der Waals surface area contributed by atoms with Crippen LogP contribution < -0.4 is 19.9 Å². The first-order chi connectivity index (χ1) is 16.8. The van der Waals surface area contributed by atoms with Crippen LogP contribution in [-0.4, -0.2) is 28.5 Å². The van der Waals surface area contributed by atoms with E-state index in [9.17, 15) is 18.4 Å². The maximum Gasteiger partial charge on any atom is 0.586 e. The highest BCUT2D eigenvalue weighted by Crippen LogP contribution is 2.42. The number of benzene rings is 3. The van der Waals surface area contributed by atoms with Crippen molar-refractivity contribution < 1.29 is 23.0 Å². The molecule has 1 amide bonds. The summed E-state index contributed by atoms with van der Waals surface area (Å²) < 4.78 is 36.8. The van der Waals surface area contributed by atoms with Gasteiger partial charge in [-0.25, -0.2) is 4.68 Å². The first-order valence-corrected chi connectivity index (χ1v) is 11.1. The summed E-state index contributed by atoms with van der Waals surface area (Å²) in [5.74, 6) is -0.760. The van der Waals surface area contributed by atoms with E-state index in [-0.39, 0.29) is 24.6 Å². The molecule has 0 unspecified atom stereocenters. The smallest absolute Gasteiger partial charge is 0.395 e. The van der Waals surface area contributed by atoms with E-state index in [4.69, 9.17) is 11.6 Å². The van der Waals surface area contributed by atoms with Crippen LogP contribution >= 0.6 is 11.6 Å². The van der Waals surface area contributed by atoms with Crippen LogP contribution in [0.2, 0.25) is 5.02 Å². The molecule has 0 saturated heterocycles. The Morgan fingerprint density at radius 3 is 2.51 bits per heavy atom. The predicted molar refractivity (Wildman–Crippen MR) is 127 cm³/mol. The van der Waals surface area contributed by atoms with Crippen LogP contribution in [0.15, 0.2) is 71.5 Å². The third kappa shape index (κ3) is 4.30. The Kier molecular flexibility index (Phi) is 5.64. The van der Waals surface area contributed by atoms with Gasteiger partial charge in [-0.15, -0.1) is 8.78 Å². The maximum atomic E-state index is 13.4. The molecule has 0 atom stereocenters. The lowest BCUT2D eigenvalue weighted by atomic mass is 10.1. The van der Waals surface area contributed by atoms with Crippen LogP contribution in [0, 0.1) is 0 Å². The van der Waals surface area contributed by atoms with Crippen molar-refractivity contribution in [2.75, 3.05) is 11.4 Å². The van der Waals surface area contributed by atoms with Gasteiger partial charge in [-0.1, -0.05) is 41.9 Å². The lowest BCUT2D eigenvalue weighted by Gasteiger charge is -2.22. The molecule has 0 saturated carbocycles. The summed E-state index contributed by atoms with van der Waals surface area (Å²) in [6.45, 7) is 1.58. The fraction of sp³-hybridized carbons (Fsp3) is 0.160. The molecular formula is C25H18ClF2N3O4. The van der Waals surface area contributed by atoms with E-state index in [1.807, 2.05) is 6.07 Å². The number of anilines is 1. The Balaban J connectivity index is 1.52. The van der Waals surface area contributed by atoms with Gasteiger partial charge in [-0.3, -0.25) is 9.59 Å². The Labute approximate surface area is 203 Å². The SMILES string of the molecule is CCN(C(=O)Cn1nc(-c2cccc(Cl)c2)c2ccccc2c1=O)c1ccc2c(c1)OC(F)(F)O2.